The summed E-state index contributed by atoms with van der Waals surface area (Å²) < 4.78 is 5.06. The molecule has 112 valence electrons. The van der Waals surface area contributed by atoms with Gasteiger partial charge in [0, 0.05) is 30.4 Å². The van der Waals surface area contributed by atoms with E-state index in [-0.39, 0.29) is 17.5 Å². The number of methoxy groups -OCH3 is 1. The van der Waals surface area contributed by atoms with Gasteiger partial charge < -0.3 is 15.0 Å². The fourth-order valence-corrected chi connectivity index (χ4v) is 2.12. The zero-order chi connectivity index (χ0) is 15.1. The van der Waals surface area contributed by atoms with Crippen LogP contribution >= 0.6 is 0 Å². The minimum Gasteiger partial charge on any atom is -0.490 e. The number of ether oxygens (including phenoxy) is 1. The predicted octanol–water partition coefficient (Wildman–Crippen LogP) is 2.75. The van der Waals surface area contributed by atoms with Gasteiger partial charge in [-0.05, 0) is 26.1 Å². The average molecular weight is 281 g/mol. The number of hydrogen-bond donors (Lipinski definition) is 1. The SMILES string of the molecule is CCN(CC)CC(C)Nc1ccc([N+](=O)[O-])c(OC)c1. The Hall–Kier alpha value is -1.82. The highest BCUT2D eigenvalue weighted by molar-refractivity contribution is 5.58. The molecule has 0 radical (unpaired) electrons. The number of nitro groups is 1. The highest BCUT2D eigenvalue weighted by Crippen LogP contribution is 2.29. The zero-order valence-corrected chi connectivity index (χ0v) is 12.5. The van der Waals surface area contributed by atoms with Gasteiger partial charge in [-0.25, -0.2) is 0 Å². The summed E-state index contributed by atoms with van der Waals surface area (Å²) in [6, 6.07) is 5.09. The summed E-state index contributed by atoms with van der Waals surface area (Å²) in [5.41, 5.74) is 0.807. The van der Waals surface area contributed by atoms with Crippen molar-refractivity contribution in [3.05, 3.63) is 28.3 Å². The van der Waals surface area contributed by atoms with Crippen LogP contribution in [0.5, 0.6) is 5.75 Å². The molecule has 0 aliphatic heterocycles. The third kappa shape index (κ3) is 4.38. The second-order valence-electron chi connectivity index (χ2n) is 4.67. The van der Waals surface area contributed by atoms with Crippen molar-refractivity contribution in [3.8, 4) is 5.75 Å². The highest BCUT2D eigenvalue weighted by Gasteiger charge is 2.15. The first-order chi connectivity index (χ1) is 9.51. The zero-order valence-electron chi connectivity index (χ0n) is 12.5. The molecule has 0 aromatic heterocycles. The third-order valence-electron chi connectivity index (χ3n) is 3.22. The summed E-state index contributed by atoms with van der Waals surface area (Å²) in [6.07, 6.45) is 0. The highest BCUT2D eigenvalue weighted by atomic mass is 16.6. The molecule has 0 spiro atoms. The van der Waals surface area contributed by atoms with Crippen molar-refractivity contribution < 1.29 is 9.66 Å². The van der Waals surface area contributed by atoms with Crippen LogP contribution in [0.1, 0.15) is 20.8 Å². The molecule has 1 aromatic rings. The lowest BCUT2D eigenvalue weighted by Gasteiger charge is -2.24. The van der Waals surface area contributed by atoms with Crippen molar-refractivity contribution in [1.82, 2.24) is 4.90 Å². The van der Waals surface area contributed by atoms with Gasteiger partial charge in [-0.1, -0.05) is 13.8 Å². The summed E-state index contributed by atoms with van der Waals surface area (Å²) in [5.74, 6) is 0.273. The molecule has 0 aliphatic rings. The molecule has 1 N–H and O–H groups in total. The van der Waals surface area contributed by atoms with Crippen molar-refractivity contribution >= 4 is 11.4 Å². The summed E-state index contributed by atoms with van der Waals surface area (Å²) >= 11 is 0. The fourth-order valence-electron chi connectivity index (χ4n) is 2.12. The normalized spacial score (nSPS) is 12.2. The van der Waals surface area contributed by atoms with Crippen molar-refractivity contribution in [3.63, 3.8) is 0 Å². The van der Waals surface area contributed by atoms with Crippen LogP contribution in [0, 0.1) is 10.1 Å². The molecule has 1 rings (SSSR count). The van der Waals surface area contributed by atoms with E-state index in [4.69, 9.17) is 4.74 Å². The molecule has 0 heterocycles. The van der Waals surface area contributed by atoms with Crippen LogP contribution in [0.15, 0.2) is 18.2 Å². The lowest BCUT2D eigenvalue weighted by atomic mass is 10.2. The smallest absolute Gasteiger partial charge is 0.311 e. The Bertz CT molecular complexity index is 447. The molecular formula is C14H23N3O3. The van der Waals surface area contributed by atoms with Crippen LogP contribution in [0.3, 0.4) is 0 Å². The Balaban J connectivity index is 2.75. The second kappa shape index (κ2) is 7.69. The molecule has 0 amide bonds. The quantitative estimate of drug-likeness (QED) is 0.586. The Kier molecular flexibility index (Phi) is 6.24. The van der Waals surface area contributed by atoms with Crippen LogP contribution in [0.4, 0.5) is 11.4 Å². The Morgan fingerprint density at radius 2 is 2.05 bits per heavy atom. The van der Waals surface area contributed by atoms with Crippen molar-refractivity contribution in [1.29, 1.82) is 0 Å². The molecule has 0 aliphatic carbocycles. The standard InChI is InChI=1S/C14H23N3O3/c1-5-16(6-2)10-11(3)15-12-7-8-13(17(18)19)14(9-12)20-4/h7-9,11,15H,5-6,10H2,1-4H3. The Morgan fingerprint density at radius 3 is 2.55 bits per heavy atom. The number of nitrogens with zero attached hydrogens (tertiary/aromatic N) is 2. The molecule has 20 heavy (non-hydrogen) atoms. The van der Waals surface area contributed by atoms with Crippen molar-refractivity contribution in [2.75, 3.05) is 32.1 Å². The number of anilines is 1. The van der Waals surface area contributed by atoms with Gasteiger partial charge in [-0.3, -0.25) is 10.1 Å². The molecule has 6 nitrogen and oxygen atoms in total. The predicted molar refractivity (Wildman–Crippen MR) is 80.5 cm³/mol. The van der Waals surface area contributed by atoms with Gasteiger partial charge in [0.15, 0.2) is 5.75 Å². The first-order valence-corrected chi connectivity index (χ1v) is 6.83. The molecule has 0 bridgehead atoms. The number of nitro benzene ring substituents is 1. The molecule has 0 saturated heterocycles. The van der Waals surface area contributed by atoms with Crippen LogP contribution in [0.2, 0.25) is 0 Å². The molecule has 0 fully saturated rings. The van der Waals surface area contributed by atoms with Gasteiger partial charge in [0.1, 0.15) is 0 Å². The molecule has 6 heteroatoms. The lowest BCUT2D eigenvalue weighted by Crippen LogP contribution is -2.34. The summed E-state index contributed by atoms with van der Waals surface area (Å²) in [5, 5.41) is 14.2. The fraction of sp³-hybridized carbons (Fsp3) is 0.571. The Labute approximate surface area is 119 Å². The van der Waals surface area contributed by atoms with Crippen LogP contribution in [-0.2, 0) is 0 Å². The molecular weight excluding hydrogens is 258 g/mol. The van der Waals surface area contributed by atoms with Crippen molar-refractivity contribution in [2.24, 2.45) is 0 Å². The second-order valence-corrected chi connectivity index (χ2v) is 4.67. The summed E-state index contributed by atoms with van der Waals surface area (Å²) in [4.78, 5) is 12.7. The maximum atomic E-state index is 10.8. The first-order valence-electron chi connectivity index (χ1n) is 6.83. The van der Waals surface area contributed by atoms with Gasteiger partial charge in [0.2, 0.25) is 0 Å². The minimum atomic E-state index is -0.443. The maximum Gasteiger partial charge on any atom is 0.311 e. The maximum absolute atomic E-state index is 10.8. The summed E-state index contributed by atoms with van der Waals surface area (Å²) in [7, 11) is 1.44. The van der Waals surface area contributed by atoms with Gasteiger partial charge in [0.25, 0.3) is 0 Å². The van der Waals surface area contributed by atoms with Gasteiger partial charge in [-0.2, -0.15) is 0 Å². The van der Waals surface area contributed by atoms with E-state index >= 15 is 0 Å². The van der Waals surface area contributed by atoms with E-state index in [2.05, 4.69) is 31.0 Å². The van der Waals surface area contributed by atoms with E-state index < -0.39 is 4.92 Å². The van der Waals surface area contributed by atoms with Crippen molar-refractivity contribution in [2.45, 2.75) is 26.8 Å². The van der Waals surface area contributed by atoms with E-state index in [1.807, 2.05) is 0 Å². The van der Waals surface area contributed by atoms with Crippen LogP contribution < -0.4 is 10.1 Å². The number of nitrogens with one attached hydrogen (secondary N) is 1. The molecule has 1 unspecified atom stereocenters. The van der Waals surface area contributed by atoms with Crippen LogP contribution in [0.25, 0.3) is 0 Å². The lowest BCUT2D eigenvalue weighted by molar-refractivity contribution is -0.385. The minimum absolute atomic E-state index is 0.0190. The topological polar surface area (TPSA) is 67.6 Å². The number of likely N-dealkylation sites (N-methyl/N-ethyl adjacent to an activating group) is 1. The van der Waals surface area contributed by atoms with E-state index in [0.29, 0.717) is 0 Å². The molecule has 1 atom stereocenters. The van der Waals surface area contributed by atoms with E-state index in [1.165, 1.54) is 13.2 Å². The first kappa shape index (κ1) is 16.2. The van der Waals surface area contributed by atoms with E-state index in [1.54, 1.807) is 12.1 Å². The number of hydrogen-bond acceptors (Lipinski definition) is 5. The van der Waals surface area contributed by atoms with Crippen LogP contribution in [-0.4, -0.2) is 42.6 Å². The largest absolute Gasteiger partial charge is 0.490 e. The third-order valence-corrected chi connectivity index (χ3v) is 3.22. The Morgan fingerprint density at radius 1 is 1.40 bits per heavy atom. The monoisotopic (exact) mass is 281 g/mol. The van der Waals surface area contributed by atoms with Gasteiger partial charge in [0.05, 0.1) is 12.0 Å². The summed E-state index contributed by atoms with van der Waals surface area (Å²) in [6.45, 7) is 9.28. The average Bonchev–Trinajstić information content (AvgIpc) is 2.44. The molecule has 0 saturated carbocycles. The number of rotatable bonds is 8. The van der Waals surface area contributed by atoms with Gasteiger partial charge in [-0.15, -0.1) is 0 Å². The van der Waals surface area contributed by atoms with E-state index in [9.17, 15) is 10.1 Å². The molecule has 1 aromatic carbocycles. The van der Waals surface area contributed by atoms with Gasteiger partial charge >= 0.3 is 5.69 Å². The number of benzene rings is 1. The van der Waals surface area contributed by atoms with E-state index in [0.717, 1.165) is 25.3 Å².